The van der Waals surface area contributed by atoms with Gasteiger partial charge in [-0.25, -0.2) is 0 Å². The Morgan fingerprint density at radius 2 is 2.29 bits per heavy atom. The predicted octanol–water partition coefficient (Wildman–Crippen LogP) is 3.24. The summed E-state index contributed by atoms with van der Waals surface area (Å²) in [6, 6.07) is 1.65. The Balaban J connectivity index is 2.10. The molecule has 4 nitrogen and oxygen atoms in total. The van der Waals surface area contributed by atoms with E-state index in [2.05, 4.69) is 26.1 Å². The standard InChI is InChI=1S/C17H28N2O2/c1-5-6-7-13(18)16(20)19-14-9-17(3,4)10-15-12(14)8-11(2)21-15/h8,13-14H,5-7,9-10,18H2,1-4H3,(H,19,20)/t13-,14?/m0/s1. The third kappa shape index (κ3) is 3.88. The van der Waals surface area contributed by atoms with Crippen LogP contribution >= 0.6 is 0 Å². The Labute approximate surface area is 127 Å². The molecule has 0 fully saturated rings. The predicted molar refractivity (Wildman–Crippen MR) is 83.9 cm³/mol. The van der Waals surface area contributed by atoms with Gasteiger partial charge in [-0.3, -0.25) is 4.79 Å². The number of fused-ring (bicyclic) bond motifs is 1. The molecule has 1 aromatic rings. The molecule has 21 heavy (non-hydrogen) atoms. The highest BCUT2D eigenvalue weighted by atomic mass is 16.3. The molecule has 0 aliphatic heterocycles. The van der Waals surface area contributed by atoms with Gasteiger partial charge in [0.25, 0.3) is 0 Å². The monoisotopic (exact) mass is 292 g/mol. The molecule has 1 aromatic heterocycles. The minimum absolute atomic E-state index is 0.0152. The van der Waals surface area contributed by atoms with Crippen LogP contribution in [-0.2, 0) is 11.2 Å². The van der Waals surface area contributed by atoms with Gasteiger partial charge in [0.2, 0.25) is 5.91 Å². The summed E-state index contributed by atoms with van der Waals surface area (Å²) in [7, 11) is 0. The first-order chi connectivity index (χ1) is 9.82. The average molecular weight is 292 g/mol. The van der Waals surface area contributed by atoms with Crippen molar-refractivity contribution in [2.45, 2.75) is 71.9 Å². The second-order valence-electron chi connectivity index (χ2n) is 7.09. The van der Waals surface area contributed by atoms with E-state index >= 15 is 0 Å². The SMILES string of the molecule is CCCC[C@H](N)C(=O)NC1CC(C)(C)Cc2oc(C)cc21. The summed E-state index contributed by atoms with van der Waals surface area (Å²) in [4.78, 5) is 12.3. The van der Waals surface area contributed by atoms with Crippen LogP contribution in [0.5, 0.6) is 0 Å². The minimum Gasteiger partial charge on any atom is -0.466 e. The van der Waals surface area contributed by atoms with Crippen molar-refractivity contribution in [1.29, 1.82) is 0 Å². The topological polar surface area (TPSA) is 68.3 Å². The van der Waals surface area contributed by atoms with Gasteiger partial charge in [-0.15, -0.1) is 0 Å². The lowest BCUT2D eigenvalue weighted by atomic mass is 9.74. The summed E-state index contributed by atoms with van der Waals surface area (Å²) in [5.41, 5.74) is 7.23. The number of nitrogens with one attached hydrogen (secondary N) is 1. The van der Waals surface area contributed by atoms with Gasteiger partial charge in [-0.05, 0) is 31.2 Å². The fraction of sp³-hybridized carbons (Fsp3) is 0.706. The second-order valence-corrected chi connectivity index (χ2v) is 7.09. The maximum absolute atomic E-state index is 12.3. The van der Waals surface area contributed by atoms with Gasteiger partial charge in [0.05, 0.1) is 12.1 Å². The minimum atomic E-state index is -0.411. The summed E-state index contributed by atoms with van der Waals surface area (Å²) in [5.74, 6) is 1.87. The van der Waals surface area contributed by atoms with E-state index in [0.717, 1.165) is 49.2 Å². The van der Waals surface area contributed by atoms with Crippen molar-refractivity contribution >= 4 is 5.91 Å². The maximum atomic E-state index is 12.3. The molecule has 1 amide bonds. The number of nitrogens with two attached hydrogens (primary N) is 1. The molecule has 1 unspecified atom stereocenters. The zero-order valence-corrected chi connectivity index (χ0v) is 13.7. The van der Waals surface area contributed by atoms with Gasteiger partial charge >= 0.3 is 0 Å². The molecule has 2 atom stereocenters. The lowest BCUT2D eigenvalue weighted by Gasteiger charge is -2.35. The van der Waals surface area contributed by atoms with E-state index in [1.54, 1.807) is 0 Å². The molecular formula is C17H28N2O2. The first-order valence-corrected chi connectivity index (χ1v) is 7.97. The number of aryl methyl sites for hydroxylation is 1. The molecule has 0 radical (unpaired) electrons. The molecule has 1 aliphatic rings. The number of carbonyl (C=O) groups excluding carboxylic acids is 1. The summed E-state index contributed by atoms with van der Waals surface area (Å²) < 4.78 is 5.80. The number of unbranched alkanes of at least 4 members (excludes halogenated alkanes) is 1. The molecule has 0 aromatic carbocycles. The highest BCUT2D eigenvalue weighted by Crippen LogP contribution is 2.42. The van der Waals surface area contributed by atoms with Crippen LogP contribution in [0.25, 0.3) is 0 Å². The van der Waals surface area contributed by atoms with Crippen LogP contribution in [0.3, 0.4) is 0 Å². The second kappa shape index (κ2) is 6.22. The highest BCUT2D eigenvalue weighted by molar-refractivity contribution is 5.81. The van der Waals surface area contributed by atoms with Crippen LogP contribution < -0.4 is 11.1 Å². The Hall–Kier alpha value is -1.29. The van der Waals surface area contributed by atoms with Crippen LogP contribution in [0.1, 0.15) is 69.6 Å². The first kappa shape index (κ1) is 16.1. The van der Waals surface area contributed by atoms with Crippen molar-refractivity contribution in [2.24, 2.45) is 11.1 Å². The van der Waals surface area contributed by atoms with E-state index in [4.69, 9.17) is 10.2 Å². The van der Waals surface area contributed by atoms with Gasteiger partial charge in [0.15, 0.2) is 0 Å². The normalized spacial score (nSPS) is 21.7. The number of hydrogen-bond donors (Lipinski definition) is 2. The van der Waals surface area contributed by atoms with Crippen LogP contribution in [0.15, 0.2) is 10.5 Å². The van der Waals surface area contributed by atoms with E-state index < -0.39 is 6.04 Å². The van der Waals surface area contributed by atoms with E-state index in [-0.39, 0.29) is 17.4 Å². The fourth-order valence-electron chi connectivity index (χ4n) is 3.15. The quantitative estimate of drug-likeness (QED) is 0.875. The van der Waals surface area contributed by atoms with Gasteiger partial charge in [-0.2, -0.15) is 0 Å². The molecule has 1 heterocycles. The largest absolute Gasteiger partial charge is 0.466 e. The van der Waals surface area contributed by atoms with Crippen molar-refractivity contribution in [1.82, 2.24) is 5.32 Å². The number of hydrogen-bond acceptors (Lipinski definition) is 3. The molecule has 4 heteroatoms. The molecule has 0 saturated carbocycles. The molecular weight excluding hydrogens is 264 g/mol. The fourth-order valence-corrected chi connectivity index (χ4v) is 3.15. The van der Waals surface area contributed by atoms with Crippen molar-refractivity contribution in [3.05, 3.63) is 23.2 Å². The molecule has 0 saturated heterocycles. The zero-order valence-electron chi connectivity index (χ0n) is 13.7. The Morgan fingerprint density at radius 3 is 2.95 bits per heavy atom. The maximum Gasteiger partial charge on any atom is 0.237 e. The van der Waals surface area contributed by atoms with E-state index in [9.17, 15) is 4.79 Å². The smallest absolute Gasteiger partial charge is 0.237 e. The molecule has 118 valence electrons. The Kier molecular flexibility index (Phi) is 4.77. The van der Waals surface area contributed by atoms with Crippen molar-refractivity contribution in [3.8, 4) is 0 Å². The van der Waals surface area contributed by atoms with Crippen LogP contribution in [-0.4, -0.2) is 11.9 Å². The van der Waals surface area contributed by atoms with Gasteiger partial charge in [0, 0.05) is 12.0 Å². The van der Waals surface area contributed by atoms with E-state index in [0.29, 0.717) is 0 Å². The Bertz CT molecular complexity index is 505. The third-order valence-corrected chi connectivity index (χ3v) is 4.26. The Morgan fingerprint density at radius 1 is 1.57 bits per heavy atom. The molecule has 0 spiro atoms. The van der Waals surface area contributed by atoms with E-state index in [1.165, 1.54) is 0 Å². The summed E-state index contributed by atoms with van der Waals surface area (Å²) >= 11 is 0. The third-order valence-electron chi connectivity index (χ3n) is 4.26. The van der Waals surface area contributed by atoms with Crippen LogP contribution in [0, 0.1) is 12.3 Å². The van der Waals surface area contributed by atoms with Crippen molar-refractivity contribution in [3.63, 3.8) is 0 Å². The van der Waals surface area contributed by atoms with Crippen LogP contribution in [0.4, 0.5) is 0 Å². The highest BCUT2D eigenvalue weighted by Gasteiger charge is 2.36. The summed E-state index contributed by atoms with van der Waals surface area (Å²) in [5, 5.41) is 3.13. The number of amides is 1. The van der Waals surface area contributed by atoms with Crippen molar-refractivity contribution in [2.75, 3.05) is 0 Å². The number of carbonyl (C=O) groups is 1. The number of furan rings is 1. The van der Waals surface area contributed by atoms with Gasteiger partial charge in [0.1, 0.15) is 11.5 Å². The first-order valence-electron chi connectivity index (χ1n) is 7.97. The molecule has 1 aliphatic carbocycles. The van der Waals surface area contributed by atoms with E-state index in [1.807, 2.05) is 13.0 Å². The average Bonchev–Trinajstić information content (AvgIpc) is 2.74. The summed E-state index contributed by atoms with van der Waals surface area (Å²) in [6.07, 6.45) is 4.63. The van der Waals surface area contributed by atoms with Crippen molar-refractivity contribution < 1.29 is 9.21 Å². The molecule has 0 bridgehead atoms. The molecule has 3 N–H and O–H groups in total. The van der Waals surface area contributed by atoms with Gasteiger partial charge < -0.3 is 15.5 Å². The molecule has 2 rings (SSSR count). The lowest BCUT2D eigenvalue weighted by molar-refractivity contribution is -0.123. The van der Waals surface area contributed by atoms with Gasteiger partial charge in [-0.1, -0.05) is 33.6 Å². The summed E-state index contributed by atoms with van der Waals surface area (Å²) in [6.45, 7) is 8.49. The number of rotatable bonds is 5. The zero-order chi connectivity index (χ0) is 15.6. The lowest BCUT2D eigenvalue weighted by Crippen LogP contribution is -2.44. The van der Waals surface area contributed by atoms with Crippen LogP contribution in [0.2, 0.25) is 0 Å².